The van der Waals surface area contributed by atoms with Gasteiger partial charge in [-0.05, 0) is 26.0 Å². The van der Waals surface area contributed by atoms with Crippen LogP contribution in [0.2, 0.25) is 0 Å². The number of rotatable bonds is 5. The molecular weight excluding hydrogens is 284 g/mol. The maximum atomic E-state index is 11.8. The maximum Gasteiger partial charge on any atom is 0.336 e. The Hall–Kier alpha value is -2.96. The minimum absolute atomic E-state index is 0.0532. The normalized spacial score (nSPS) is 10.8. The van der Waals surface area contributed by atoms with Crippen molar-refractivity contribution in [3.63, 3.8) is 0 Å². The molecule has 0 radical (unpaired) electrons. The molecule has 0 aliphatic rings. The Bertz CT molecular complexity index is 734. The van der Waals surface area contributed by atoms with Gasteiger partial charge in [-0.25, -0.2) is 10.2 Å². The molecule has 0 aliphatic carbocycles. The summed E-state index contributed by atoms with van der Waals surface area (Å²) in [7, 11) is 0. The van der Waals surface area contributed by atoms with E-state index in [-0.39, 0.29) is 18.0 Å². The van der Waals surface area contributed by atoms with Gasteiger partial charge in [0.15, 0.2) is 0 Å². The third-order valence-corrected chi connectivity index (χ3v) is 2.98. The van der Waals surface area contributed by atoms with Gasteiger partial charge in [0.2, 0.25) is 0 Å². The highest BCUT2D eigenvalue weighted by molar-refractivity contribution is 5.98. The van der Waals surface area contributed by atoms with Crippen LogP contribution in [0.1, 0.15) is 27.3 Å². The predicted octanol–water partition coefficient (Wildman–Crippen LogP) is 1.35. The Morgan fingerprint density at radius 2 is 2.09 bits per heavy atom. The van der Waals surface area contributed by atoms with E-state index in [9.17, 15) is 9.59 Å². The van der Waals surface area contributed by atoms with Crippen LogP contribution in [-0.2, 0) is 11.3 Å². The monoisotopic (exact) mass is 300 g/mol. The van der Waals surface area contributed by atoms with Gasteiger partial charge in [-0.3, -0.25) is 9.48 Å². The van der Waals surface area contributed by atoms with Crippen molar-refractivity contribution >= 4 is 18.1 Å². The summed E-state index contributed by atoms with van der Waals surface area (Å²) in [6, 6.07) is 8.29. The molecule has 1 heterocycles. The number of carboxylic acid groups (broad SMARTS) is 1. The number of benzene rings is 1. The number of carbonyl (C=O) groups is 2. The van der Waals surface area contributed by atoms with Gasteiger partial charge in [-0.15, -0.1) is 0 Å². The molecule has 0 saturated heterocycles. The number of carbonyl (C=O) groups excluding carboxylic acids is 1. The Balaban J connectivity index is 1.99. The smallest absolute Gasteiger partial charge is 0.336 e. The SMILES string of the molecule is Cc1cc(C)n(CC(=O)NN=Cc2ccccc2C(=O)O)n1. The number of amides is 1. The van der Waals surface area contributed by atoms with Crippen molar-refractivity contribution in [2.45, 2.75) is 20.4 Å². The summed E-state index contributed by atoms with van der Waals surface area (Å²) in [4.78, 5) is 22.8. The zero-order valence-corrected chi connectivity index (χ0v) is 12.3. The van der Waals surface area contributed by atoms with E-state index in [1.807, 2.05) is 19.9 Å². The molecule has 0 unspecified atom stereocenters. The molecule has 0 fully saturated rings. The summed E-state index contributed by atoms with van der Waals surface area (Å²) < 4.78 is 1.57. The van der Waals surface area contributed by atoms with E-state index >= 15 is 0 Å². The van der Waals surface area contributed by atoms with Crippen LogP contribution in [0.15, 0.2) is 35.4 Å². The van der Waals surface area contributed by atoms with Gasteiger partial charge in [0.05, 0.1) is 17.5 Å². The molecule has 0 atom stereocenters. The summed E-state index contributed by atoms with van der Waals surface area (Å²) >= 11 is 0. The summed E-state index contributed by atoms with van der Waals surface area (Å²) in [6.07, 6.45) is 1.31. The van der Waals surface area contributed by atoms with E-state index in [4.69, 9.17) is 5.11 Å². The summed E-state index contributed by atoms with van der Waals surface area (Å²) in [5, 5.41) is 17.0. The number of aromatic nitrogens is 2. The lowest BCUT2D eigenvalue weighted by Gasteiger charge is -2.03. The largest absolute Gasteiger partial charge is 0.478 e. The number of hydrogen-bond donors (Lipinski definition) is 2. The Kier molecular flexibility index (Phi) is 4.67. The molecule has 2 aromatic rings. The van der Waals surface area contributed by atoms with Crippen molar-refractivity contribution in [3.05, 3.63) is 52.8 Å². The molecule has 7 nitrogen and oxygen atoms in total. The lowest BCUT2D eigenvalue weighted by molar-refractivity contribution is -0.121. The number of nitrogens with one attached hydrogen (secondary N) is 1. The highest BCUT2D eigenvalue weighted by Crippen LogP contribution is 2.05. The first kappa shape index (κ1) is 15.4. The number of hydrazone groups is 1. The lowest BCUT2D eigenvalue weighted by atomic mass is 10.1. The highest BCUT2D eigenvalue weighted by atomic mass is 16.4. The second-order valence-electron chi connectivity index (χ2n) is 4.77. The number of aryl methyl sites for hydroxylation is 2. The van der Waals surface area contributed by atoms with E-state index in [0.717, 1.165) is 11.4 Å². The van der Waals surface area contributed by atoms with Gasteiger partial charge < -0.3 is 5.11 Å². The lowest BCUT2D eigenvalue weighted by Crippen LogP contribution is -2.24. The first-order chi connectivity index (χ1) is 10.5. The third-order valence-electron chi connectivity index (χ3n) is 2.98. The van der Waals surface area contributed by atoms with Crippen LogP contribution in [-0.4, -0.2) is 33.0 Å². The molecule has 22 heavy (non-hydrogen) atoms. The van der Waals surface area contributed by atoms with E-state index in [0.29, 0.717) is 5.56 Å². The van der Waals surface area contributed by atoms with Crippen molar-refractivity contribution < 1.29 is 14.7 Å². The number of nitrogens with zero attached hydrogens (tertiary/aromatic N) is 3. The van der Waals surface area contributed by atoms with E-state index in [1.54, 1.807) is 22.9 Å². The zero-order valence-electron chi connectivity index (χ0n) is 12.3. The van der Waals surface area contributed by atoms with Gasteiger partial charge in [0, 0.05) is 11.3 Å². The molecule has 114 valence electrons. The Morgan fingerprint density at radius 1 is 1.36 bits per heavy atom. The number of carboxylic acids is 1. The first-order valence-electron chi connectivity index (χ1n) is 6.62. The molecule has 1 amide bonds. The molecule has 2 rings (SSSR count). The van der Waals surface area contributed by atoms with E-state index < -0.39 is 5.97 Å². The third kappa shape index (κ3) is 3.78. The molecule has 0 bridgehead atoms. The van der Waals surface area contributed by atoms with Crippen LogP contribution >= 0.6 is 0 Å². The van der Waals surface area contributed by atoms with Gasteiger partial charge in [0.1, 0.15) is 6.54 Å². The topological polar surface area (TPSA) is 96.6 Å². The second kappa shape index (κ2) is 6.66. The zero-order chi connectivity index (χ0) is 16.1. The summed E-state index contributed by atoms with van der Waals surface area (Å²) in [5.41, 5.74) is 4.62. The molecule has 0 spiro atoms. The quantitative estimate of drug-likeness (QED) is 0.643. The fourth-order valence-electron chi connectivity index (χ4n) is 1.98. The maximum absolute atomic E-state index is 11.8. The standard InChI is InChI=1S/C15H16N4O3/c1-10-7-11(2)19(18-10)9-14(20)17-16-8-12-5-3-4-6-13(12)15(21)22/h3-8H,9H2,1-2H3,(H,17,20)(H,21,22). The Labute approximate surface area is 127 Å². The minimum atomic E-state index is -1.05. The van der Waals surface area contributed by atoms with Crippen molar-refractivity contribution in [2.75, 3.05) is 0 Å². The van der Waals surface area contributed by atoms with Gasteiger partial charge >= 0.3 is 5.97 Å². The average molecular weight is 300 g/mol. The van der Waals surface area contributed by atoms with Crippen molar-refractivity contribution in [1.29, 1.82) is 0 Å². The summed E-state index contributed by atoms with van der Waals surface area (Å²) in [5.74, 6) is -1.38. The highest BCUT2D eigenvalue weighted by Gasteiger charge is 2.08. The van der Waals surface area contributed by atoms with Gasteiger partial charge in [-0.2, -0.15) is 10.2 Å². The molecule has 2 N–H and O–H groups in total. The van der Waals surface area contributed by atoms with Gasteiger partial charge in [-0.1, -0.05) is 18.2 Å². The van der Waals surface area contributed by atoms with Crippen LogP contribution in [0.5, 0.6) is 0 Å². The minimum Gasteiger partial charge on any atom is -0.478 e. The molecule has 1 aromatic heterocycles. The molecule has 1 aromatic carbocycles. The molecule has 0 aliphatic heterocycles. The number of aromatic carboxylic acids is 1. The van der Waals surface area contributed by atoms with Crippen molar-refractivity contribution in [2.24, 2.45) is 5.10 Å². The van der Waals surface area contributed by atoms with Crippen LogP contribution in [0.3, 0.4) is 0 Å². The van der Waals surface area contributed by atoms with Crippen LogP contribution in [0.4, 0.5) is 0 Å². The van der Waals surface area contributed by atoms with Gasteiger partial charge in [0.25, 0.3) is 5.91 Å². The fourth-order valence-corrected chi connectivity index (χ4v) is 1.98. The van der Waals surface area contributed by atoms with Crippen LogP contribution in [0.25, 0.3) is 0 Å². The fraction of sp³-hybridized carbons (Fsp3) is 0.200. The van der Waals surface area contributed by atoms with Crippen LogP contribution < -0.4 is 5.43 Å². The van der Waals surface area contributed by atoms with E-state index in [2.05, 4.69) is 15.6 Å². The Morgan fingerprint density at radius 3 is 2.73 bits per heavy atom. The van der Waals surface area contributed by atoms with E-state index in [1.165, 1.54) is 12.3 Å². The molecule has 7 heteroatoms. The molecular formula is C15H16N4O3. The molecule has 0 saturated carbocycles. The van der Waals surface area contributed by atoms with Crippen molar-refractivity contribution in [1.82, 2.24) is 15.2 Å². The first-order valence-corrected chi connectivity index (χ1v) is 6.62. The summed E-state index contributed by atoms with van der Waals surface area (Å²) in [6.45, 7) is 3.76. The number of hydrogen-bond acceptors (Lipinski definition) is 4. The van der Waals surface area contributed by atoms with Crippen LogP contribution in [0, 0.1) is 13.8 Å². The second-order valence-corrected chi connectivity index (χ2v) is 4.77. The van der Waals surface area contributed by atoms with Crippen molar-refractivity contribution in [3.8, 4) is 0 Å². The average Bonchev–Trinajstić information content (AvgIpc) is 2.77. The predicted molar refractivity (Wildman–Crippen MR) is 80.8 cm³/mol.